The molecule has 2 aromatic heterocycles. The maximum atomic E-state index is 12.1. The predicted molar refractivity (Wildman–Crippen MR) is 75.1 cm³/mol. The van der Waals surface area contributed by atoms with E-state index in [9.17, 15) is 9.59 Å². The summed E-state index contributed by atoms with van der Waals surface area (Å²) >= 11 is 1.20. The molecule has 2 aromatic rings. The van der Waals surface area contributed by atoms with E-state index in [2.05, 4.69) is 15.3 Å². The summed E-state index contributed by atoms with van der Waals surface area (Å²) in [6, 6.07) is 3.47. The van der Waals surface area contributed by atoms with Crippen molar-refractivity contribution >= 4 is 28.3 Å². The van der Waals surface area contributed by atoms with Crippen molar-refractivity contribution in [3.8, 4) is 0 Å². The molecule has 0 aromatic carbocycles. The summed E-state index contributed by atoms with van der Waals surface area (Å²) in [7, 11) is 0. The number of aromatic nitrogens is 2. The van der Waals surface area contributed by atoms with E-state index in [4.69, 9.17) is 5.11 Å². The fraction of sp³-hybridized carbons (Fsp3) is 0.231. The van der Waals surface area contributed by atoms with Crippen LogP contribution in [0.1, 0.15) is 27.4 Å². The van der Waals surface area contributed by atoms with Crippen LogP contribution in [0.25, 0.3) is 0 Å². The summed E-state index contributed by atoms with van der Waals surface area (Å²) < 4.78 is 0. The monoisotopic (exact) mass is 291 g/mol. The highest BCUT2D eigenvalue weighted by Crippen LogP contribution is 2.17. The van der Waals surface area contributed by atoms with Crippen LogP contribution in [0.3, 0.4) is 0 Å². The Morgan fingerprint density at radius 2 is 2.05 bits per heavy atom. The Morgan fingerprint density at radius 1 is 1.30 bits per heavy atom. The van der Waals surface area contributed by atoms with E-state index in [1.165, 1.54) is 11.3 Å². The molecule has 2 rings (SSSR count). The molecule has 2 heterocycles. The lowest BCUT2D eigenvalue weighted by molar-refractivity contribution is -0.136. The van der Waals surface area contributed by atoms with Crippen molar-refractivity contribution in [2.24, 2.45) is 0 Å². The molecule has 0 saturated heterocycles. The SMILES string of the molecule is Cc1ccc(C(=O)Nc2nc(CC(=O)O)cs2)c(C)n1. The van der Waals surface area contributed by atoms with E-state index in [-0.39, 0.29) is 12.3 Å². The highest BCUT2D eigenvalue weighted by atomic mass is 32.1. The average Bonchev–Trinajstić information content (AvgIpc) is 2.75. The molecule has 0 aliphatic carbocycles. The molecule has 0 radical (unpaired) electrons. The fourth-order valence-electron chi connectivity index (χ4n) is 1.69. The third-order valence-electron chi connectivity index (χ3n) is 2.57. The molecule has 0 spiro atoms. The zero-order valence-corrected chi connectivity index (χ0v) is 11.8. The molecule has 2 N–H and O–H groups in total. The third kappa shape index (κ3) is 3.39. The molecular weight excluding hydrogens is 278 g/mol. The Morgan fingerprint density at radius 3 is 2.70 bits per heavy atom. The van der Waals surface area contributed by atoms with Gasteiger partial charge in [-0.25, -0.2) is 4.98 Å². The summed E-state index contributed by atoms with van der Waals surface area (Å²) in [5.41, 5.74) is 2.39. The number of carboxylic acid groups (broad SMARTS) is 1. The molecule has 0 aliphatic heterocycles. The molecule has 0 aliphatic rings. The second-order valence-corrected chi connectivity index (χ2v) is 5.11. The first kappa shape index (κ1) is 14.1. The molecule has 1 amide bonds. The number of nitrogens with one attached hydrogen (secondary N) is 1. The van der Waals surface area contributed by atoms with Crippen LogP contribution >= 0.6 is 11.3 Å². The Kier molecular flexibility index (Phi) is 4.09. The number of carbonyl (C=O) groups is 2. The van der Waals surface area contributed by atoms with Gasteiger partial charge in [0.15, 0.2) is 5.13 Å². The molecule has 0 saturated carbocycles. The lowest BCUT2D eigenvalue weighted by atomic mass is 10.2. The highest BCUT2D eigenvalue weighted by Gasteiger charge is 2.13. The van der Waals surface area contributed by atoms with Gasteiger partial charge in [0.1, 0.15) is 0 Å². The quantitative estimate of drug-likeness (QED) is 0.899. The Hall–Kier alpha value is -2.28. The maximum absolute atomic E-state index is 12.1. The van der Waals surface area contributed by atoms with Crippen molar-refractivity contribution in [3.05, 3.63) is 40.2 Å². The lowest BCUT2D eigenvalue weighted by Gasteiger charge is -2.05. The number of thiazole rings is 1. The minimum atomic E-state index is -0.952. The number of pyridine rings is 1. The predicted octanol–water partition coefficient (Wildman–Crippen LogP) is 2.03. The first-order valence-electron chi connectivity index (χ1n) is 5.87. The topological polar surface area (TPSA) is 92.2 Å². The first-order valence-corrected chi connectivity index (χ1v) is 6.75. The van der Waals surface area contributed by atoms with Gasteiger partial charge >= 0.3 is 5.97 Å². The molecule has 0 fully saturated rings. The van der Waals surface area contributed by atoms with E-state index in [1.54, 1.807) is 24.4 Å². The number of anilines is 1. The van der Waals surface area contributed by atoms with E-state index in [0.29, 0.717) is 22.1 Å². The molecule has 104 valence electrons. The van der Waals surface area contributed by atoms with E-state index < -0.39 is 5.97 Å². The molecule has 20 heavy (non-hydrogen) atoms. The Balaban J connectivity index is 2.11. The molecule has 7 heteroatoms. The van der Waals surface area contributed by atoms with Gasteiger partial charge in [-0.3, -0.25) is 19.9 Å². The molecule has 0 bridgehead atoms. The van der Waals surface area contributed by atoms with Gasteiger partial charge in [-0.05, 0) is 26.0 Å². The van der Waals surface area contributed by atoms with Crippen molar-refractivity contribution in [2.45, 2.75) is 20.3 Å². The number of aryl methyl sites for hydroxylation is 2. The number of carbonyl (C=O) groups excluding carboxylic acids is 1. The van der Waals surface area contributed by atoms with Crippen LogP contribution in [0.4, 0.5) is 5.13 Å². The Bertz CT molecular complexity index is 667. The number of carboxylic acids is 1. The van der Waals surface area contributed by atoms with E-state index in [1.807, 2.05) is 6.92 Å². The van der Waals surface area contributed by atoms with Gasteiger partial charge in [-0.15, -0.1) is 11.3 Å². The minimum absolute atomic E-state index is 0.155. The van der Waals surface area contributed by atoms with Gasteiger partial charge in [0, 0.05) is 11.1 Å². The van der Waals surface area contributed by atoms with Gasteiger partial charge in [0.25, 0.3) is 5.91 Å². The molecular formula is C13H13N3O3S. The summed E-state index contributed by atoms with van der Waals surface area (Å²) in [4.78, 5) is 30.9. The van der Waals surface area contributed by atoms with E-state index in [0.717, 1.165) is 5.69 Å². The number of hydrogen-bond acceptors (Lipinski definition) is 5. The van der Waals surface area contributed by atoms with Crippen LogP contribution in [-0.2, 0) is 11.2 Å². The van der Waals surface area contributed by atoms with Gasteiger partial charge < -0.3 is 5.11 Å². The number of amides is 1. The van der Waals surface area contributed by atoms with Crippen LogP contribution in [0.15, 0.2) is 17.5 Å². The van der Waals surface area contributed by atoms with Gasteiger partial charge in [0.2, 0.25) is 0 Å². The van der Waals surface area contributed by atoms with Crippen molar-refractivity contribution in [3.63, 3.8) is 0 Å². The second kappa shape index (κ2) is 5.79. The standard InChI is InChI=1S/C13H13N3O3S/c1-7-3-4-10(8(2)14-7)12(19)16-13-15-9(6-20-13)5-11(17)18/h3-4,6H,5H2,1-2H3,(H,17,18)(H,15,16,19). The lowest BCUT2D eigenvalue weighted by Crippen LogP contribution is -2.14. The van der Waals surface area contributed by atoms with Crippen LogP contribution in [-0.4, -0.2) is 27.0 Å². The molecule has 0 atom stereocenters. The van der Waals surface area contributed by atoms with Crippen molar-refractivity contribution < 1.29 is 14.7 Å². The van der Waals surface area contributed by atoms with Crippen molar-refractivity contribution in [2.75, 3.05) is 5.32 Å². The summed E-state index contributed by atoms with van der Waals surface area (Å²) in [6.45, 7) is 3.62. The Labute approximate surface area is 119 Å². The van der Waals surface area contributed by atoms with E-state index >= 15 is 0 Å². The number of aliphatic carboxylic acids is 1. The van der Waals surface area contributed by atoms with Crippen molar-refractivity contribution in [1.29, 1.82) is 0 Å². The maximum Gasteiger partial charge on any atom is 0.309 e. The van der Waals surface area contributed by atoms with Crippen LogP contribution in [0.5, 0.6) is 0 Å². The fourth-order valence-corrected chi connectivity index (χ4v) is 2.40. The smallest absolute Gasteiger partial charge is 0.309 e. The zero-order chi connectivity index (χ0) is 14.7. The number of rotatable bonds is 4. The molecule has 6 nitrogen and oxygen atoms in total. The summed E-state index contributed by atoms with van der Waals surface area (Å²) in [5, 5.41) is 13.3. The summed E-state index contributed by atoms with van der Waals surface area (Å²) in [6.07, 6.45) is -0.155. The minimum Gasteiger partial charge on any atom is -0.481 e. The first-order chi connectivity index (χ1) is 9.45. The molecule has 0 unspecified atom stereocenters. The normalized spacial score (nSPS) is 10.3. The largest absolute Gasteiger partial charge is 0.481 e. The van der Waals surface area contributed by atoms with Gasteiger partial charge in [-0.1, -0.05) is 0 Å². The average molecular weight is 291 g/mol. The second-order valence-electron chi connectivity index (χ2n) is 4.25. The van der Waals surface area contributed by atoms with Gasteiger partial charge in [0.05, 0.1) is 23.4 Å². The zero-order valence-electron chi connectivity index (χ0n) is 11.0. The van der Waals surface area contributed by atoms with Crippen LogP contribution < -0.4 is 5.32 Å². The van der Waals surface area contributed by atoms with Crippen LogP contribution in [0, 0.1) is 13.8 Å². The van der Waals surface area contributed by atoms with Crippen LogP contribution in [0.2, 0.25) is 0 Å². The van der Waals surface area contributed by atoms with Gasteiger partial charge in [-0.2, -0.15) is 0 Å². The number of hydrogen-bond donors (Lipinski definition) is 2. The highest BCUT2D eigenvalue weighted by molar-refractivity contribution is 7.14. The summed E-state index contributed by atoms with van der Waals surface area (Å²) in [5.74, 6) is -1.25. The third-order valence-corrected chi connectivity index (χ3v) is 3.38. The number of nitrogens with zero attached hydrogens (tertiary/aromatic N) is 2. The van der Waals surface area contributed by atoms with Crippen molar-refractivity contribution in [1.82, 2.24) is 9.97 Å².